The Morgan fingerprint density at radius 2 is 1.77 bits per heavy atom. The summed E-state index contributed by atoms with van der Waals surface area (Å²) in [6, 6.07) is 5.37. The second kappa shape index (κ2) is 6.99. The molecule has 0 unspecified atom stereocenters. The van der Waals surface area contributed by atoms with Gasteiger partial charge >= 0.3 is 12.1 Å². The summed E-state index contributed by atoms with van der Waals surface area (Å²) in [6.45, 7) is 3.49. The van der Waals surface area contributed by atoms with Crippen LogP contribution in [0, 0.1) is 0 Å². The number of hydrogen-bond acceptors (Lipinski definition) is 2. The number of esters is 1. The van der Waals surface area contributed by atoms with Gasteiger partial charge < -0.3 is 4.74 Å². The number of ether oxygens (including phenoxy) is 1. The Balaban J connectivity index is 1.89. The van der Waals surface area contributed by atoms with E-state index in [9.17, 15) is 18.0 Å². The van der Waals surface area contributed by atoms with Crippen LogP contribution >= 0.6 is 0 Å². The zero-order valence-corrected chi connectivity index (χ0v) is 12.2. The maximum atomic E-state index is 12.5. The fourth-order valence-corrected chi connectivity index (χ4v) is 2.81. The van der Waals surface area contributed by atoms with Gasteiger partial charge in [0.05, 0.1) is 12.0 Å². The van der Waals surface area contributed by atoms with Crippen LogP contribution in [0.5, 0.6) is 0 Å². The van der Waals surface area contributed by atoms with Crippen molar-refractivity contribution >= 4 is 5.97 Å². The van der Waals surface area contributed by atoms with Crippen molar-refractivity contribution in [1.82, 2.24) is 0 Å². The zero-order chi connectivity index (χ0) is 16.2. The maximum Gasteiger partial charge on any atom is 0.416 e. The smallest absolute Gasteiger partial charge is 0.416 e. The first-order valence-electron chi connectivity index (χ1n) is 7.37. The standard InChI is InChI=1S/C17H19F3O2/c1-2-3-16(21)22-15-10-6-13(7-11-15)12-4-8-14(9-5-12)17(18,19)20/h2,4-5,8-9,13,15H,1,3,6-7,10-11H2/t13-,15-. The van der Waals surface area contributed by atoms with E-state index in [1.54, 1.807) is 12.1 Å². The molecule has 0 radical (unpaired) electrons. The van der Waals surface area contributed by atoms with Gasteiger partial charge in [0.2, 0.25) is 0 Å². The lowest BCUT2D eigenvalue weighted by Gasteiger charge is -2.28. The van der Waals surface area contributed by atoms with E-state index in [1.807, 2.05) is 0 Å². The topological polar surface area (TPSA) is 26.3 Å². The van der Waals surface area contributed by atoms with E-state index in [2.05, 4.69) is 6.58 Å². The van der Waals surface area contributed by atoms with Gasteiger partial charge in [-0.3, -0.25) is 4.79 Å². The molecule has 0 N–H and O–H groups in total. The highest BCUT2D eigenvalue weighted by Crippen LogP contribution is 2.36. The normalized spacial score (nSPS) is 22.1. The number of carbonyl (C=O) groups is 1. The first kappa shape index (κ1) is 16.6. The third-order valence-corrected chi connectivity index (χ3v) is 3.99. The van der Waals surface area contributed by atoms with Gasteiger partial charge in [0, 0.05) is 0 Å². The summed E-state index contributed by atoms with van der Waals surface area (Å²) in [4.78, 5) is 11.4. The predicted molar refractivity (Wildman–Crippen MR) is 77.3 cm³/mol. The van der Waals surface area contributed by atoms with E-state index < -0.39 is 11.7 Å². The molecule has 1 aromatic carbocycles. The number of benzene rings is 1. The molecule has 1 aliphatic carbocycles. The highest BCUT2D eigenvalue weighted by atomic mass is 19.4. The Labute approximate surface area is 128 Å². The molecule has 1 aliphatic rings. The number of hydrogen-bond donors (Lipinski definition) is 0. The SMILES string of the molecule is C=CCC(=O)O[C@H]1CC[C@H](c2ccc(C(F)(F)F)cc2)CC1. The van der Waals surface area contributed by atoms with Crippen LogP contribution in [0.4, 0.5) is 13.2 Å². The molecule has 2 rings (SSSR count). The number of carbonyl (C=O) groups excluding carboxylic acids is 1. The van der Waals surface area contributed by atoms with Gasteiger partial charge in [-0.2, -0.15) is 13.2 Å². The van der Waals surface area contributed by atoms with Crippen molar-refractivity contribution in [3.05, 3.63) is 48.0 Å². The van der Waals surface area contributed by atoms with Crippen molar-refractivity contribution in [3.63, 3.8) is 0 Å². The minimum Gasteiger partial charge on any atom is -0.462 e. The van der Waals surface area contributed by atoms with Crippen LogP contribution in [0.25, 0.3) is 0 Å². The molecule has 0 saturated heterocycles. The van der Waals surface area contributed by atoms with E-state index in [0.29, 0.717) is 0 Å². The van der Waals surface area contributed by atoms with Crippen molar-refractivity contribution in [3.8, 4) is 0 Å². The van der Waals surface area contributed by atoms with Crippen LogP contribution in [0.2, 0.25) is 0 Å². The lowest BCUT2D eigenvalue weighted by Crippen LogP contribution is -2.23. The fraction of sp³-hybridized carbons (Fsp3) is 0.471. The van der Waals surface area contributed by atoms with Crippen LogP contribution in [0.3, 0.4) is 0 Å². The molecular weight excluding hydrogens is 293 g/mol. The summed E-state index contributed by atoms with van der Waals surface area (Å²) in [5, 5.41) is 0. The van der Waals surface area contributed by atoms with Gasteiger partial charge in [-0.1, -0.05) is 18.2 Å². The molecule has 0 spiro atoms. The van der Waals surface area contributed by atoms with Crippen LogP contribution in [0.1, 0.15) is 49.1 Å². The monoisotopic (exact) mass is 312 g/mol. The zero-order valence-electron chi connectivity index (χ0n) is 12.2. The van der Waals surface area contributed by atoms with E-state index in [-0.39, 0.29) is 24.4 Å². The van der Waals surface area contributed by atoms with E-state index in [0.717, 1.165) is 43.4 Å². The third-order valence-electron chi connectivity index (χ3n) is 3.99. The molecule has 2 nitrogen and oxygen atoms in total. The summed E-state index contributed by atoms with van der Waals surface area (Å²) >= 11 is 0. The summed E-state index contributed by atoms with van der Waals surface area (Å²) < 4.78 is 42.9. The Morgan fingerprint density at radius 1 is 1.18 bits per heavy atom. The maximum absolute atomic E-state index is 12.5. The summed E-state index contributed by atoms with van der Waals surface area (Å²) in [7, 11) is 0. The number of alkyl halides is 3. The van der Waals surface area contributed by atoms with Crippen molar-refractivity contribution in [2.45, 2.75) is 50.3 Å². The van der Waals surface area contributed by atoms with Gasteiger partial charge in [0.25, 0.3) is 0 Å². The lowest BCUT2D eigenvalue weighted by atomic mass is 9.82. The molecule has 0 amide bonds. The summed E-state index contributed by atoms with van der Waals surface area (Å²) in [5.41, 5.74) is 0.298. The Bertz CT molecular complexity index is 512. The number of rotatable bonds is 4. The molecule has 5 heteroatoms. The van der Waals surface area contributed by atoms with E-state index in [4.69, 9.17) is 4.74 Å². The fourth-order valence-electron chi connectivity index (χ4n) is 2.81. The lowest BCUT2D eigenvalue weighted by molar-refractivity contribution is -0.149. The summed E-state index contributed by atoms with van der Waals surface area (Å²) in [6.07, 6.45) is 0.459. The molecule has 1 fully saturated rings. The number of halogens is 3. The minimum atomic E-state index is -4.30. The Kier molecular flexibility index (Phi) is 5.27. The van der Waals surface area contributed by atoms with Crippen molar-refractivity contribution in [2.75, 3.05) is 0 Å². The Hall–Kier alpha value is -1.78. The average molecular weight is 312 g/mol. The highest BCUT2D eigenvalue weighted by molar-refractivity contribution is 5.71. The molecule has 0 bridgehead atoms. The average Bonchev–Trinajstić information content (AvgIpc) is 2.47. The van der Waals surface area contributed by atoms with Crippen molar-refractivity contribution in [1.29, 1.82) is 0 Å². The first-order valence-corrected chi connectivity index (χ1v) is 7.37. The van der Waals surface area contributed by atoms with E-state index >= 15 is 0 Å². The molecule has 22 heavy (non-hydrogen) atoms. The van der Waals surface area contributed by atoms with E-state index in [1.165, 1.54) is 6.08 Å². The van der Waals surface area contributed by atoms with Gasteiger partial charge in [0.1, 0.15) is 6.10 Å². The van der Waals surface area contributed by atoms with Crippen LogP contribution in [0.15, 0.2) is 36.9 Å². The minimum absolute atomic E-state index is 0.0850. The first-order chi connectivity index (χ1) is 10.4. The quantitative estimate of drug-likeness (QED) is 0.587. The van der Waals surface area contributed by atoms with Gasteiger partial charge in [-0.15, -0.1) is 6.58 Å². The van der Waals surface area contributed by atoms with Crippen LogP contribution in [-0.4, -0.2) is 12.1 Å². The highest BCUT2D eigenvalue weighted by Gasteiger charge is 2.31. The second-order valence-corrected chi connectivity index (χ2v) is 5.58. The molecule has 0 aromatic heterocycles. The molecule has 1 aromatic rings. The van der Waals surface area contributed by atoms with Crippen molar-refractivity contribution in [2.24, 2.45) is 0 Å². The van der Waals surface area contributed by atoms with Gasteiger partial charge in [-0.05, 0) is 49.3 Å². The van der Waals surface area contributed by atoms with Crippen LogP contribution in [-0.2, 0) is 15.7 Å². The molecule has 0 aliphatic heterocycles. The van der Waals surface area contributed by atoms with Crippen LogP contribution < -0.4 is 0 Å². The summed E-state index contributed by atoms with van der Waals surface area (Å²) in [5.74, 6) is -0.0374. The molecule has 1 saturated carbocycles. The third kappa shape index (κ3) is 4.36. The van der Waals surface area contributed by atoms with Gasteiger partial charge in [0.15, 0.2) is 0 Å². The molecule has 120 valence electrons. The Morgan fingerprint density at radius 3 is 2.27 bits per heavy atom. The molecule has 0 atom stereocenters. The molecule has 0 heterocycles. The molecular formula is C17H19F3O2. The second-order valence-electron chi connectivity index (χ2n) is 5.58. The largest absolute Gasteiger partial charge is 0.462 e. The predicted octanol–water partition coefficient (Wildman–Crippen LogP) is 4.85. The van der Waals surface area contributed by atoms with Gasteiger partial charge in [-0.25, -0.2) is 0 Å². The van der Waals surface area contributed by atoms with Crippen molar-refractivity contribution < 1.29 is 22.7 Å².